The van der Waals surface area contributed by atoms with Crippen LogP contribution in [-0.4, -0.2) is 29.5 Å². The second-order valence-electron chi connectivity index (χ2n) is 2.50. The highest BCUT2D eigenvalue weighted by molar-refractivity contribution is 4.96. The van der Waals surface area contributed by atoms with E-state index in [1.165, 1.54) is 0 Å². The number of nitrogens with two attached hydrogens (primary N) is 2. The standard InChI is InChI=1S/C5H11FN2O/c6-4-2(7)1-3(8)5(4)9/h2-5,9H,1,7-8H2/t2-,3+,4-,5-/m1/s1. The van der Waals surface area contributed by atoms with Crippen molar-refractivity contribution in [1.29, 1.82) is 0 Å². The first kappa shape index (κ1) is 6.92. The second-order valence-corrected chi connectivity index (χ2v) is 2.50. The Morgan fingerprint density at radius 2 is 1.89 bits per heavy atom. The van der Waals surface area contributed by atoms with E-state index in [4.69, 9.17) is 16.6 Å². The van der Waals surface area contributed by atoms with Gasteiger partial charge in [-0.3, -0.25) is 0 Å². The largest absolute Gasteiger partial charge is 0.388 e. The van der Waals surface area contributed by atoms with Gasteiger partial charge in [0.25, 0.3) is 0 Å². The lowest BCUT2D eigenvalue weighted by Crippen LogP contribution is -2.35. The molecule has 1 fully saturated rings. The molecule has 0 saturated heterocycles. The normalized spacial score (nSPS) is 52.0. The Bertz CT molecular complexity index is 99.1. The van der Waals surface area contributed by atoms with E-state index in [1.54, 1.807) is 0 Å². The SMILES string of the molecule is N[C@@H]1C[C@H](N)[C@@H](O)[C@@H]1F. The monoisotopic (exact) mass is 134 g/mol. The Hall–Kier alpha value is -0.190. The average Bonchev–Trinajstić information content (AvgIpc) is 1.98. The van der Waals surface area contributed by atoms with Gasteiger partial charge in [0.05, 0.1) is 0 Å². The van der Waals surface area contributed by atoms with Crippen molar-refractivity contribution < 1.29 is 9.50 Å². The summed E-state index contributed by atoms with van der Waals surface area (Å²) in [6, 6.07) is -1.05. The van der Waals surface area contributed by atoms with Crippen LogP contribution in [0.2, 0.25) is 0 Å². The summed E-state index contributed by atoms with van der Waals surface area (Å²) < 4.78 is 12.5. The third kappa shape index (κ3) is 1.05. The van der Waals surface area contributed by atoms with Crippen LogP contribution < -0.4 is 11.5 Å². The molecule has 4 atom stereocenters. The molecule has 1 aliphatic rings. The van der Waals surface area contributed by atoms with Gasteiger partial charge in [-0.15, -0.1) is 0 Å². The Kier molecular flexibility index (Phi) is 1.70. The van der Waals surface area contributed by atoms with E-state index in [2.05, 4.69) is 0 Å². The summed E-state index contributed by atoms with van der Waals surface area (Å²) in [6.07, 6.45) is -2.01. The Morgan fingerprint density at radius 1 is 1.33 bits per heavy atom. The molecule has 4 heteroatoms. The van der Waals surface area contributed by atoms with Crippen LogP contribution in [0.1, 0.15) is 6.42 Å². The van der Waals surface area contributed by atoms with Crippen molar-refractivity contribution in [2.75, 3.05) is 0 Å². The maximum absolute atomic E-state index is 12.5. The molecule has 0 aromatic carbocycles. The van der Waals surface area contributed by atoms with Crippen LogP contribution in [-0.2, 0) is 0 Å². The Labute approximate surface area is 52.8 Å². The molecule has 5 N–H and O–H groups in total. The number of aliphatic hydroxyl groups excluding tert-OH is 1. The van der Waals surface area contributed by atoms with Crippen molar-refractivity contribution in [3.05, 3.63) is 0 Å². The molecule has 0 spiro atoms. The van der Waals surface area contributed by atoms with Crippen molar-refractivity contribution in [3.8, 4) is 0 Å². The van der Waals surface area contributed by atoms with E-state index in [1.807, 2.05) is 0 Å². The third-order valence-corrected chi connectivity index (χ3v) is 1.72. The molecule has 0 unspecified atom stereocenters. The van der Waals surface area contributed by atoms with Gasteiger partial charge in [0.2, 0.25) is 0 Å². The van der Waals surface area contributed by atoms with E-state index < -0.39 is 24.4 Å². The van der Waals surface area contributed by atoms with E-state index in [9.17, 15) is 4.39 Å². The topological polar surface area (TPSA) is 72.3 Å². The molecule has 0 aromatic heterocycles. The van der Waals surface area contributed by atoms with E-state index >= 15 is 0 Å². The minimum absolute atomic E-state index is 0.377. The zero-order chi connectivity index (χ0) is 7.02. The molecule has 9 heavy (non-hydrogen) atoms. The maximum Gasteiger partial charge on any atom is 0.142 e. The molecule has 1 saturated carbocycles. The first-order valence-corrected chi connectivity index (χ1v) is 2.96. The molecule has 1 aliphatic carbocycles. The number of alkyl halides is 1. The van der Waals surface area contributed by atoms with E-state index in [-0.39, 0.29) is 0 Å². The molecule has 0 amide bonds. The predicted octanol–water partition coefficient (Wildman–Crippen LogP) is -1.26. The van der Waals surface area contributed by atoms with Gasteiger partial charge in [-0.25, -0.2) is 4.39 Å². The number of hydrogen-bond acceptors (Lipinski definition) is 3. The van der Waals surface area contributed by atoms with Gasteiger partial charge in [0, 0.05) is 12.1 Å². The highest BCUT2D eigenvalue weighted by Gasteiger charge is 2.38. The number of rotatable bonds is 0. The van der Waals surface area contributed by atoms with Crippen molar-refractivity contribution in [3.63, 3.8) is 0 Å². The van der Waals surface area contributed by atoms with Crippen LogP contribution in [0.5, 0.6) is 0 Å². The Morgan fingerprint density at radius 3 is 2.00 bits per heavy atom. The molecular formula is C5H11FN2O. The average molecular weight is 134 g/mol. The van der Waals surface area contributed by atoms with Crippen LogP contribution in [0, 0.1) is 0 Å². The summed E-state index contributed by atoms with van der Waals surface area (Å²) in [7, 11) is 0. The van der Waals surface area contributed by atoms with Gasteiger partial charge in [-0.05, 0) is 6.42 Å². The molecule has 0 heterocycles. The van der Waals surface area contributed by atoms with Gasteiger partial charge in [0.1, 0.15) is 12.3 Å². The summed E-state index contributed by atoms with van der Waals surface area (Å²) in [5, 5.41) is 8.86. The summed E-state index contributed by atoms with van der Waals surface area (Å²) in [4.78, 5) is 0. The van der Waals surface area contributed by atoms with Gasteiger partial charge in [0.15, 0.2) is 0 Å². The predicted molar refractivity (Wildman–Crippen MR) is 31.5 cm³/mol. The van der Waals surface area contributed by atoms with Gasteiger partial charge >= 0.3 is 0 Å². The lowest BCUT2D eigenvalue weighted by Gasteiger charge is -2.09. The molecule has 0 aromatic rings. The summed E-state index contributed by atoms with van der Waals surface area (Å²) in [5.41, 5.74) is 10.5. The van der Waals surface area contributed by atoms with Crippen LogP contribution >= 0.6 is 0 Å². The molecule has 54 valence electrons. The molecule has 1 rings (SSSR count). The highest BCUT2D eigenvalue weighted by Crippen LogP contribution is 2.19. The number of hydrogen-bond donors (Lipinski definition) is 3. The summed E-state index contributed by atoms with van der Waals surface area (Å²) in [5.74, 6) is 0. The van der Waals surface area contributed by atoms with Crippen molar-refractivity contribution in [1.82, 2.24) is 0 Å². The fourth-order valence-corrected chi connectivity index (χ4v) is 1.07. The van der Waals surface area contributed by atoms with Gasteiger partial charge in [-0.1, -0.05) is 0 Å². The molecule has 0 bridgehead atoms. The minimum Gasteiger partial charge on any atom is -0.388 e. The molecular weight excluding hydrogens is 123 g/mol. The molecule has 0 aliphatic heterocycles. The Balaban J connectivity index is 2.54. The number of halogens is 1. The maximum atomic E-state index is 12.5. The highest BCUT2D eigenvalue weighted by atomic mass is 19.1. The van der Waals surface area contributed by atoms with Crippen LogP contribution in [0.25, 0.3) is 0 Å². The fraction of sp³-hybridized carbons (Fsp3) is 1.00. The zero-order valence-electron chi connectivity index (χ0n) is 5.00. The quantitative estimate of drug-likeness (QED) is 0.387. The summed E-state index contributed by atoms with van der Waals surface area (Å²) >= 11 is 0. The van der Waals surface area contributed by atoms with Crippen LogP contribution in [0.15, 0.2) is 0 Å². The third-order valence-electron chi connectivity index (χ3n) is 1.72. The van der Waals surface area contributed by atoms with E-state index in [0.717, 1.165) is 0 Å². The van der Waals surface area contributed by atoms with Crippen molar-refractivity contribution >= 4 is 0 Å². The van der Waals surface area contributed by atoms with Gasteiger partial charge < -0.3 is 16.6 Å². The number of aliphatic hydroxyl groups is 1. The van der Waals surface area contributed by atoms with Crippen LogP contribution in [0.4, 0.5) is 4.39 Å². The molecule has 0 radical (unpaired) electrons. The molecule has 3 nitrogen and oxygen atoms in total. The summed E-state index contributed by atoms with van der Waals surface area (Å²) in [6.45, 7) is 0. The van der Waals surface area contributed by atoms with Gasteiger partial charge in [-0.2, -0.15) is 0 Å². The van der Waals surface area contributed by atoms with Crippen LogP contribution in [0.3, 0.4) is 0 Å². The minimum atomic E-state index is -1.33. The fourth-order valence-electron chi connectivity index (χ4n) is 1.07. The first-order valence-electron chi connectivity index (χ1n) is 2.96. The zero-order valence-corrected chi connectivity index (χ0v) is 5.00. The lowest BCUT2D eigenvalue weighted by molar-refractivity contribution is 0.0867. The lowest BCUT2D eigenvalue weighted by atomic mass is 10.2. The first-order chi connectivity index (χ1) is 4.13. The van der Waals surface area contributed by atoms with Crippen molar-refractivity contribution in [2.24, 2.45) is 11.5 Å². The van der Waals surface area contributed by atoms with Crippen molar-refractivity contribution in [2.45, 2.75) is 30.8 Å². The van der Waals surface area contributed by atoms with E-state index in [0.29, 0.717) is 6.42 Å². The smallest absolute Gasteiger partial charge is 0.142 e. The second kappa shape index (κ2) is 2.21.